The van der Waals surface area contributed by atoms with E-state index in [9.17, 15) is 4.79 Å². The maximum atomic E-state index is 11.0. The minimum Gasteiger partial charge on any atom is -0.464 e. The maximum Gasteiger partial charge on any atom is 0.332 e. The molecule has 1 aromatic rings. The van der Waals surface area contributed by atoms with E-state index in [0.29, 0.717) is 19.8 Å². The highest BCUT2D eigenvalue weighted by Gasteiger charge is 2.04. The Morgan fingerprint density at radius 1 is 1.44 bits per heavy atom. The molecule has 0 fully saturated rings. The van der Waals surface area contributed by atoms with Crippen LogP contribution in [0.5, 0.6) is 0 Å². The number of carbonyl (C=O) groups is 1. The van der Waals surface area contributed by atoms with Gasteiger partial charge in [0, 0.05) is 25.0 Å². The molecule has 0 bridgehead atoms. The highest BCUT2D eigenvalue weighted by atomic mass is 16.6. The summed E-state index contributed by atoms with van der Waals surface area (Å²) in [6.07, 6.45) is 3.54. The van der Waals surface area contributed by atoms with Crippen LogP contribution < -0.4 is 5.32 Å². The van der Waals surface area contributed by atoms with Crippen LogP contribution in [0.1, 0.15) is 25.5 Å². The Morgan fingerprint density at radius 3 is 2.83 bits per heavy atom. The van der Waals surface area contributed by atoms with Crippen LogP contribution >= 0.6 is 0 Å². The van der Waals surface area contributed by atoms with Crippen molar-refractivity contribution in [2.24, 2.45) is 0 Å². The van der Waals surface area contributed by atoms with E-state index in [0.717, 1.165) is 0 Å². The van der Waals surface area contributed by atoms with Crippen LogP contribution in [-0.2, 0) is 14.3 Å². The first kappa shape index (κ1) is 14.6. The number of ether oxygens (including phenoxy) is 2. The van der Waals surface area contributed by atoms with Gasteiger partial charge in [0.15, 0.2) is 0 Å². The number of pyridine rings is 1. The van der Waals surface area contributed by atoms with Crippen molar-refractivity contribution in [3.05, 3.63) is 30.1 Å². The zero-order valence-corrected chi connectivity index (χ0v) is 10.9. The number of nitrogens with one attached hydrogen (secondary N) is 1. The van der Waals surface area contributed by atoms with Crippen LogP contribution in [0.15, 0.2) is 24.5 Å². The topological polar surface area (TPSA) is 60.5 Å². The molecular weight excluding hydrogens is 232 g/mol. The van der Waals surface area contributed by atoms with E-state index >= 15 is 0 Å². The Bertz CT molecular complexity index is 343. The number of nitrogens with zero attached hydrogens (tertiary/aromatic N) is 1. The normalized spacial score (nSPS) is 12.1. The first-order valence-electron chi connectivity index (χ1n) is 6.10. The van der Waals surface area contributed by atoms with Crippen molar-refractivity contribution in [3.63, 3.8) is 0 Å². The van der Waals surface area contributed by atoms with Crippen molar-refractivity contribution in [1.82, 2.24) is 10.3 Å². The van der Waals surface area contributed by atoms with E-state index in [1.165, 1.54) is 5.56 Å². The van der Waals surface area contributed by atoms with Crippen molar-refractivity contribution < 1.29 is 14.3 Å². The predicted molar refractivity (Wildman–Crippen MR) is 68.1 cm³/mol. The van der Waals surface area contributed by atoms with Crippen LogP contribution in [0.3, 0.4) is 0 Å². The van der Waals surface area contributed by atoms with Gasteiger partial charge in [0.05, 0.1) is 13.2 Å². The molecule has 0 amide bonds. The summed E-state index contributed by atoms with van der Waals surface area (Å²) in [4.78, 5) is 15.0. The molecule has 0 saturated carbocycles. The van der Waals surface area contributed by atoms with Gasteiger partial charge in [-0.25, -0.2) is 4.79 Å². The SMILES string of the molecule is CCOC(=O)COCCN[C@@H](C)c1ccncc1. The molecule has 5 heteroatoms. The zero-order chi connectivity index (χ0) is 13.2. The fraction of sp³-hybridized carbons (Fsp3) is 0.538. The van der Waals surface area contributed by atoms with Crippen molar-refractivity contribution >= 4 is 5.97 Å². The molecule has 1 N–H and O–H groups in total. The molecule has 0 aromatic carbocycles. The molecule has 5 nitrogen and oxygen atoms in total. The van der Waals surface area contributed by atoms with Crippen LogP contribution in [0.25, 0.3) is 0 Å². The standard InChI is InChI=1S/C13H20N2O3/c1-3-18-13(16)10-17-9-8-15-11(2)12-4-6-14-7-5-12/h4-7,11,15H,3,8-10H2,1-2H3/t11-/m0/s1. The number of carbonyl (C=O) groups excluding carboxylic acids is 1. The Hall–Kier alpha value is -1.46. The second-order valence-electron chi connectivity index (χ2n) is 3.81. The summed E-state index contributed by atoms with van der Waals surface area (Å²) in [6, 6.07) is 4.17. The second kappa shape index (κ2) is 8.60. The third kappa shape index (κ3) is 5.75. The van der Waals surface area contributed by atoms with Gasteiger partial charge >= 0.3 is 5.97 Å². The molecule has 0 saturated heterocycles. The lowest BCUT2D eigenvalue weighted by molar-refractivity contribution is -0.148. The lowest BCUT2D eigenvalue weighted by atomic mass is 10.1. The molecular formula is C13H20N2O3. The fourth-order valence-corrected chi connectivity index (χ4v) is 1.48. The quantitative estimate of drug-likeness (QED) is 0.558. The van der Waals surface area contributed by atoms with E-state index in [1.807, 2.05) is 12.1 Å². The summed E-state index contributed by atoms with van der Waals surface area (Å²) < 4.78 is 9.93. The summed E-state index contributed by atoms with van der Waals surface area (Å²) in [7, 11) is 0. The van der Waals surface area contributed by atoms with Crippen LogP contribution in [0, 0.1) is 0 Å². The average molecular weight is 252 g/mol. The Balaban J connectivity index is 2.09. The van der Waals surface area contributed by atoms with E-state index in [2.05, 4.69) is 17.2 Å². The third-order valence-electron chi connectivity index (χ3n) is 2.43. The van der Waals surface area contributed by atoms with Gasteiger partial charge in [0.1, 0.15) is 6.61 Å². The van der Waals surface area contributed by atoms with Crippen LogP contribution in [0.2, 0.25) is 0 Å². The van der Waals surface area contributed by atoms with Gasteiger partial charge in [-0.1, -0.05) is 0 Å². The van der Waals surface area contributed by atoms with Crippen molar-refractivity contribution in [1.29, 1.82) is 0 Å². The van der Waals surface area contributed by atoms with Gasteiger partial charge in [-0.2, -0.15) is 0 Å². The van der Waals surface area contributed by atoms with E-state index in [1.54, 1.807) is 19.3 Å². The molecule has 0 aliphatic rings. The van der Waals surface area contributed by atoms with Gasteiger partial charge in [0.25, 0.3) is 0 Å². The van der Waals surface area contributed by atoms with E-state index < -0.39 is 0 Å². The van der Waals surface area contributed by atoms with E-state index in [-0.39, 0.29) is 18.6 Å². The van der Waals surface area contributed by atoms with Crippen LogP contribution in [-0.4, -0.2) is 37.3 Å². The molecule has 0 unspecified atom stereocenters. The summed E-state index contributed by atoms with van der Waals surface area (Å²) in [6.45, 7) is 5.41. The molecule has 1 atom stereocenters. The highest BCUT2D eigenvalue weighted by Crippen LogP contribution is 2.09. The summed E-state index contributed by atoms with van der Waals surface area (Å²) in [5.74, 6) is -0.320. The monoisotopic (exact) mass is 252 g/mol. The summed E-state index contributed by atoms with van der Waals surface area (Å²) in [5, 5.41) is 3.30. The van der Waals surface area contributed by atoms with Gasteiger partial charge in [-0.15, -0.1) is 0 Å². The zero-order valence-electron chi connectivity index (χ0n) is 10.9. The highest BCUT2D eigenvalue weighted by molar-refractivity contribution is 5.70. The minimum atomic E-state index is -0.320. The molecule has 0 aliphatic heterocycles. The fourth-order valence-electron chi connectivity index (χ4n) is 1.48. The molecule has 100 valence electrons. The van der Waals surface area contributed by atoms with Crippen LogP contribution in [0.4, 0.5) is 0 Å². The number of hydrogen-bond donors (Lipinski definition) is 1. The van der Waals surface area contributed by atoms with Gasteiger partial charge in [-0.3, -0.25) is 4.98 Å². The van der Waals surface area contributed by atoms with Gasteiger partial charge in [-0.05, 0) is 31.5 Å². The van der Waals surface area contributed by atoms with E-state index in [4.69, 9.17) is 9.47 Å². The molecule has 1 aromatic heterocycles. The van der Waals surface area contributed by atoms with Crippen molar-refractivity contribution in [3.8, 4) is 0 Å². The average Bonchev–Trinajstić information content (AvgIpc) is 2.39. The van der Waals surface area contributed by atoms with Gasteiger partial charge < -0.3 is 14.8 Å². The minimum absolute atomic E-state index is 0.0131. The molecule has 0 spiro atoms. The third-order valence-corrected chi connectivity index (χ3v) is 2.43. The Labute approximate surface area is 108 Å². The lowest BCUT2D eigenvalue weighted by Crippen LogP contribution is -2.24. The summed E-state index contributed by atoms with van der Waals surface area (Å²) in [5.41, 5.74) is 1.18. The van der Waals surface area contributed by atoms with Crippen molar-refractivity contribution in [2.45, 2.75) is 19.9 Å². The molecule has 0 radical (unpaired) electrons. The summed E-state index contributed by atoms with van der Waals surface area (Å²) >= 11 is 0. The predicted octanol–water partition coefficient (Wildman–Crippen LogP) is 1.31. The lowest BCUT2D eigenvalue weighted by Gasteiger charge is -2.13. The molecule has 1 rings (SSSR count). The number of hydrogen-bond acceptors (Lipinski definition) is 5. The molecule has 0 aliphatic carbocycles. The molecule has 18 heavy (non-hydrogen) atoms. The second-order valence-corrected chi connectivity index (χ2v) is 3.81. The molecule has 1 heterocycles. The smallest absolute Gasteiger partial charge is 0.332 e. The first-order valence-corrected chi connectivity index (χ1v) is 6.10. The van der Waals surface area contributed by atoms with Crippen molar-refractivity contribution in [2.75, 3.05) is 26.4 Å². The Kier molecular flexibility index (Phi) is 6.98. The van der Waals surface area contributed by atoms with Gasteiger partial charge in [0.2, 0.25) is 0 Å². The largest absolute Gasteiger partial charge is 0.464 e. The number of esters is 1. The number of rotatable bonds is 8. The number of aromatic nitrogens is 1. The Morgan fingerprint density at radius 2 is 2.17 bits per heavy atom. The maximum absolute atomic E-state index is 11.0. The first-order chi connectivity index (χ1) is 8.74.